The number of aromatic nitrogens is 1. The lowest BCUT2D eigenvalue weighted by molar-refractivity contribution is -0.192. The number of alkyl halides is 5. The molecule has 0 saturated carbocycles. The minimum Gasteiger partial charge on any atom is -0.493 e. The molecule has 2 atom stereocenters. The topological polar surface area (TPSA) is 100 Å². The first-order chi connectivity index (χ1) is 17.3. The van der Waals surface area contributed by atoms with Gasteiger partial charge in [-0.1, -0.05) is 18.2 Å². The van der Waals surface area contributed by atoms with E-state index in [2.05, 4.69) is 4.98 Å². The Morgan fingerprint density at radius 2 is 1.84 bits per heavy atom. The van der Waals surface area contributed by atoms with Crippen LogP contribution in [-0.2, 0) is 27.2 Å². The molecule has 5 rings (SSSR count). The van der Waals surface area contributed by atoms with E-state index in [1.54, 1.807) is 18.2 Å². The molecule has 2 aromatic rings. The molecular formula is C24H22F5N3O5. The molecule has 3 aliphatic heterocycles. The minimum absolute atomic E-state index is 0.0254. The normalized spacial score (nSPS) is 24.5. The second-order valence-electron chi connectivity index (χ2n) is 8.97. The predicted octanol–water partition coefficient (Wildman–Crippen LogP) is 2.89. The van der Waals surface area contributed by atoms with Crippen molar-refractivity contribution in [3.63, 3.8) is 0 Å². The van der Waals surface area contributed by atoms with Crippen LogP contribution < -0.4 is 9.64 Å². The third kappa shape index (κ3) is 5.07. The first-order valence-electron chi connectivity index (χ1n) is 11.3. The fourth-order valence-corrected chi connectivity index (χ4v) is 4.54. The fourth-order valence-electron chi connectivity index (χ4n) is 4.54. The van der Waals surface area contributed by atoms with E-state index >= 15 is 8.78 Å². The first-order valence-corrected chi connectivity index (χ1v) is 11.3. The minimum atomic E-state index is -5.08. The van der Waals surface area contributed by atoms with E-state index < -0.39 is 54.9 Å². The number of carboxylic acid groups (broad SMARTS) is 1. The van der Waals surface area contributed by atoms with Gasteiger partial charge in [0.05, 0.1) is 32.7 Å². The van der Waals surface area contributed by atoms with E-state index in [-0.39, 0.29) is 12.2 Å². The molecule has 1 N–H and O–H groups in total. The molecule has 37 heavy (non-hydrogen) atoms. The first kappa shape index (κ1) is 26.3. The average molecular weight is 527 g/mol. The monoisotopic (exact) mass is 527 g/mol. The molecule has 0 aliphatic carbocycles. The van der Waals surface area contributed by atoms with Crippen molar-refractivity contribution in [1.29, 1.82) is 0 Å². The van der Waals surface area contributed by atoms with Gasteiger partial charge in [-0.15, -0.1) is 0 Å². The summed E-state index contributed by atoms with van der Waals surface area (Å²) in [5, 5.41) is 7.12. The van der Waals surface area contributed by atoms with Crippen molar-refractivity contribution < 1.29 is 46.2 Å². The number of hydrogen-bond donors (Lipinski definition) is 1. The number of rotatable bonds is 3. The maximum Gasteiger partial charge on any atom is 0.490 e. The Bertz CT molecular complexity index is 1210. The van der Waals surface area contributed by atoms with E-state index in [0.29, 0.717) is 6.61 Å². The van der Waals surface area contributed by atoms with Gasteiger partial charge in [0.25, 0.3) is 5.91 Å². The lowest BCUT2D eigenvalue weighted by atomic mass is 9.93. The molecule has 0 bridgehead atoms. The zero-order valence-corrected chi connectivity index (χ0v) is 19.3. The quantitative estimate of drug-likeness (QED) is 0.617. The molecule has 2 amide bonds. The maximum atomic E-state index is 15.6. The number of likely N-dealkylation sites (tertiary alicyclic amines) is 1. The number of aliphatic carboxylic acids is 1. The van der Waals surface area contributed by atoms with Gasteiger partial charge in [-0.3, -0.25) is 14.5 Å². The van der Waals surface area contributed by atoms with Gasteiger partial charge in [0, 0.05) is 6.20 Å². The fraction of sp³-hybridized carbons (Fsp3) is 0.417. The number of fused-ring (bicyclic) bond motifs is 2. The Morgan fingerprint density at radius 3 is 2.46 bits per heavy atom. The molecule has 4 heterocycles. The molecule has 2 fully saturated rings. The summed E-state index contributed by atoms with van der Waals surface area (Å²) in [5.74, 6) is -3.11. The standard InChI is InChI=1S/C22H21F2N3O3.C2HF3O2/c23-21-12-26(19(28)11-15-6-7-17-16(10-15)4-3-9-30-17)14-22(21,24)20(29)27(13-21)18-5-1-2-8-25-18;3-2(4,5)1(6)7/h1-2,5-8,10H,3-4,9,11-14H2;(H,6,7)/t21-,22+;/m0./s1. The van der Waals surface area contributed by atoms with E-state index in [0.717, 1.165) is 39.5 Å². The summed E-state index contributed by atoms with van der Waals surface area (Å²) in [6, 6.07) is 10.4. The number of halogens is 5. The number of carbonyl (C=O) groups excluding carboxylic acids is 2. The SMILES string of the molecule is O=C(Cc1ccc2c(c1)CCCO2)N1C[C@]2(F)CN(c3ccccn3)C(=O)[C@]2(F)C1.O=C(O)C(F)(F)F. The van der Waals surface area contributed by atoms with Crippen molar-refractivity contribution in [2.45, 2.75) is 36.8 Å². The van der Waals surface area contributed by atoms with Gasteiger partial charge in [0.15, 0.2) is 5.67 Å². The van der Waals surface area contributed by atoms with Gasteiger partial charge >= 0.3 is 12.1 Å². The average Bonchev–Trinajstić information content (AvgIpc) is 3.23. The van der Waals surface area contributed by atoms with Gasteiger partial charge in [-0.2, -0.15) is 13.2 Å². The smallest absolute Gasteiger partial charge is 0.490 e. The van der Waals surface area contributed by atoms with Crippen molar-refractivity contribution in [3.05, 3.63) is 53.7 Å². The summed E-state index contributed by atoms with van der Waals surface area (Å²) in [7, 11) is 0. The highest BCUT2D eigenvalue weighted by Gasteiger charge is 2.72. The summed E-state index contributed by atoms with van der Waals surface area (Å²) in [6.45, 7) is -0.816. The van der Waals surface area contributed by atoms with Crippen LogP contribution in [0.2, 0.25) is 0 Å². The summed E-state index contributed by atoms with van der Waals surface area (Å²) in [4.78, 5) is 40.6. The van der Waals surface area contributed by atoms with E-state index in [4.69, 9.17) is 14.6 Å². The van der Waals surface area contributed by atoms with Crippen molar-refractivity contribution in [2.75, 3.05) is 31.1 Å². The maximum absolute atomic E-state index is 15.6. The predicted molar refractivity (Wildman–Crippen MR) is 119 cm³/mol. The number of benzene rings is 1. The highest BCUT2D eigenvalue weighted by molar-refractivity contribution is 6.04. The largest absolute Gasteiger partial charge is 0.493 e. The summed E-state index contributed by atoms with van der Waals surface area (Å²) < 4.78 is 68.5. The molecule has 0 radical (unpaired) electrons. The highest BCUT2D eigenvalue weighted by atomic mass is 19.4. The summed E-state index contributed by atoms with van der Waals surface area (Å²) >= 11 is 0. The summed E-state index contributed by atoms with van der Waals surface area (Å²) in [5.41, 5.74) is -3.41. The lowest BCUT2D eigenvalue weighted by Gasteiger charge is -2.22. The number of aryl methyl sites for hydroxylation is 1. The van der Waals surface area contributed by atoms with Crippen LogP contribution in [0.15, 0.2) is 42.6 Å². The summed E-state index contributed by atoms with van der Waals surface area (Å²) in [6.07, 6.45) is -1.80. The van der Waals surface area contributed by atoms with Crippen molar-refractivity contribution in [2.24, 2.45) is 0 Å². The molecule has 8 nitrogen and oxygen atoms in total. The lowest BCUT2D eigenvalue weighted by Crippen LogP contribution is -2.47. The van der Waals surface area contributed by atoms with Gasteiger partial charge in [0.2, 0.25) is 11.6 Å². The molecule has 198 valence electrons. The van der Waals surface area contributed by atoms with Crippen LogP contribution in [0, 0.1) is 0 Å². The number of pyridine rings is 1. The molecule has 1 aromatic heterocycles. The van der Waals surface area contributed by atoms with Crippen molar-refractivity contribution in [3.8, 4) is 5.75 Å². The van der Waals surface area contributed by atoms with Crippen LogP contribution in [0.5, 0.6) is 5.75 Å². The van der Waals surface area contributed by atoms with Crippen LogP contribution in [0.3, 0.4) is 0 Å². The van der Waals surface area contributed by atoms with Gasteiger partial charge in [0.1, 0.15) is 11.6 Å². The van der Waals surface area contributed by atoms with Crippen LogP contribution in [-0.4, -0.2) is 76.5 Å². The number of amides is 2. The number of nitrogens with zero attached hydrogens (tertiary/aromatic N) is 3. The Kier molecular flexibility index (Phi) is 6.82. The highest BCUT2D eigenvalue weighted by Crippen LogP contribution is 2.46. The molecule has 0 spiro atoms. The molecule has 3 aliphatic rings. The van der Waals surface area contributed by atoms with E-state index in [1.807, 2.05) is 12.1 Å². The second kappa shape index (κ2) is 9.60. The molecular weight excluding hydrogens is 505 g/mol. The molecule has 2 saturated heterocycles. The number of anilines is 1. The Balaban J connectivity index is 0.000000405. The van der Waals surface area contributed by atoms with Gasteiger partial charge in [-0.25, -0.2) is 18.6 Å². The number of hydrogen-bond acceptors (Lipinski definition) is 5. The van der Waals surface area contributed by atoms with Crippen LogP contribution >= 0.6 is 0 Å². The number of carboxylic acids is 1. The van der Waals surface area contributed by atoms with Crippen LogP contribution in [0.25, 0.3) is 0 Å². The Morgan fingerprint density at radius 1 is 1.11 bits per heavy atom. The van der Waals surface area contributed by atoms with Crippen molar-refractivity contribution >= 4 is 23.6 Å². The number of ether oxygens (including phenoxy) is 1. The van der Waals surface area contributed by atoms with E-state index in [1.165, 1.54) is 12.3 Å². The Labute approximate surface area is 207 Å². The third-order valence-corrected chi connectivity index (χ3v) is 6.40. The number of carbonyl (C=O) groups is 3. The van der Waals surface area contributed by atoms with Gasteiger partial charge < -0.3 is 14.7 Å². The third-order valence-electron chi connectivity index (χ3n) is 6.40. The molecule has 13 heteroatoms. The zero-order chi connectivity index (χ0) is 27.0. The van der Waals surface area contributed by atoms with Crippen LogP contribution in [0.4, 0.5) is 27.8 Å². The van der Waals surface area contributed by atoms with Crippen LogP contribution in [0.1, 0.15) is 17.5 Å². The molecule has 1 aromatic carbocycles. The zero-order valence-electron chi connectivity index (χ0n) is 19.3. The van der Waals surface area contributed by atoms with Crippen molar-refractivity contribution in [1.82, 2.24) is 9.88 Å². The van der Waals surface area contributed by atoms with E-state index in [9.17, 15) is 22.8 Å². The Hall–Kier alpha value is -3.77. The molecule has 0 unspecified atom stereocenters. The van der Waals surface area contributed by atoms with Gasteiger partial charge in [-0.05, 0) is 42.2 Å². The second-order valence-corrected chi connectivity index (χ2v) is 8.97.